The number of hydrogen-bond donors (Lipinski definition) is 0. The number of rotatable bonds is 7. The minimum atomic E-state index is 0.509. The van der Waals surface area contributed by atoms with E-state index in [1.54, 1.807) is 0 Å². The zero-order valence-corrected chi connectivity index (χ0v) is 52.6. The summed E-state index contributed by atoms with van der Waals surface area (Å²) in [7, 11) is 0. The molecule has 8 aromatic heterocycles. The van der Waals surface area contributed by atoms with Crippen molar-refractivity contribution in [2.75, 3.05) is 0 Å². The molecule has 0 aliphatic rings. The second kappa shape index (κ2) is 21.6. The summed E-state index contributed by atoms with van der Waals surface area (Å²) in [6, 6.07) is 97.5. The Balaban J connectivity index is 0.000000132. The first-order valence-electron chi connectivity index (χ1n) is 31.9. The summed E-state index contributed by atoms with van der Waals surface area (Å²) >= 11 is 3.69. The maximum Gasteiger partial charge on any atom is 0.246 e. The van der Waals surface area contributed by atoms with Gasteiger partial charge >= 0.3 is 0 Å². The van der Waals surface area contributed by atoms with Gasteiger partial charge in [-0.05, 0) is 111 Å². The molecule has 0 spiro atoms. The lowest BCUT2D eigenvalue weighted by molar-refractivity contribution is 0.653. The molecule has 0 fully saturated rings. The minimum Gasteiger partial charge on any atom is -0.455 e. The third kappa shape index (κ3) is 8.80. The fourth-order valence-electron chi connectivity index (χ4n) is 14.2. The van der Waals surface area contributed by atoms with Crippen molar-refractivity contribution in [2.45, 2.75) is 0 Å². The Morgan fingerprint density at radius 2 is 0.594 bits per heavy atom. The molecule has 8 heterocycles. The van der Waals surface area contributed by atoms with Crippen LogP contribution in [0.5, 0.6) is 0 Å². The van der Waals surface area contributed by atoms with Gasteiger partial charge in [-0.2, -0.15) is 0 Å². The van der Waals surface area contributed by atoms with Gasteiger partial charge in [-0.1, -0.05) is 212 Å². The van der Waals surface area contributed by atoms with Crippen LogP contribution in [0.4, 0.5) is 0 Å². The first kappa shape index (κ1) is 54.2. The van der Waals surface area contributed by atoms with E-state index in [0.29, 0.717) is 11.4 Å². The summed E-state index contributed by atoms with van der Waals surface area (Å²) in [6.07, 6.45) is 3.70. The highest BCUT2D eigenvalue weighted by atomic mass is 32.1. The average Bonchev–Trinajstić information content (AvgIpc) is 1.75. The molecule has 0 aliphatic heterocycles. The molecule has 13 aromatic carbocycles. The van der Waals surface area contributed by atoms with Gasteiger partial charge in [-0.3, -0.25) is 0 Å². The summed E-state index contributed by atoms with van der Waals surface area (Å²) in [4.78, 5) is 19.7. The van der Waals surface area contributed by atoms with Gasteiger partial charge in [-0.25, -0.2) is 19.9 Å². The zero-order chi connectivity index (χ0) is 63.0. The van der Waals surface area contributed by atoms with Crippen molar-refractivity contribution in [3.63, 3.8) is 0 Å². The molecular formula is C86H48N4O4S2. The van der Waals surface area contributed by atoms with Crippen LogP contribution < -0.4 is 0 Å². The second-order valence-corrected chi connectivity index (χ2v) is 26.4. The molecule has 21 rings (SSSR count). The maximum absolute atomic E-state index is 6.35. The Morgan fingerprint density at radius 3 is 1.11 bits per heavy atom. The van der Waals surface area contributed by atoms with Crippen LogP contribution in [-0.2, 0) is 0 Å². The molecule has 0 unspecified atom stereocenters. The molecule has 10 heteroatoms. The number of aromatic nitrogens is 4. The average molecular weight is 1270 g/mol. The molecule has 0 amide bonds. The highest BCUT2D eigenvalue weighted by Crippen LogP contribution is 2.45. The van der Waals surface area contributed by atoms with Crippen LogP contribution in [0.2, 0.25) is 0 Å². The molecule has 0 saturated carbocycles. The lowest BCUT2D eigenvalue weighted by Crippen LogP contribution is -1.88. The van der Waals surface area contributed by atoms with Crippen LogP contribution in [-0.4, -0.2) is 19.9 Å². The van der Waals surface area contributed by atoms with Crippen LogP contribution in [0.1, 0.15) is 0 Å². The number of fused-ring (bicyclic) bond motifs is 18. The van der Waals surface area contributed by atoms with Gasteiger partial charge in [0.25, 0.3) is 0 Å². The highest BCUT2D eigenvalue weighted by molar-refractivity contribution is 7.26. The molecule has 0 bridgehead atoms. The van der Waals surface area contributed by atoms with Crippen molar-refractivity contribution in [2.24, 2.45) is 0 Å². The number of benzene rings is 13. The second-order valence-electron chi connectivity index (χ2n) is 24.3. The Labute approximate surface area is 554 Å². The number of para-hydroxylation sites is 4. The number of thiophene rings is 2. The van der Waals surface area contributed by atoms with Gasteiger partial charge in [0.2, 0.25) is 11.4 Å². The van der Waals surface area contributed by atoms with Crippen molar-refractivity contribution >= 4 is 151 Å². The monoisotopic (exact) mass is 1260 g/mol. The fraction of sp³-hybridized carbons (Fsp3) is 0. The summed E-state index contributed by atoms with van der Waals surface area (Å²) in [5.74, 6) is 0. The lowest BCUT2D eigenvalue weighted by Gasteiger charge is -2.07. The van der Waals surface area contributed by atoms with E-state index in [2.05, 4.69) is 231 Å². The van der Waals surface area contributed by atoms with Gasteiger partial charge in [0, 0.05) is 94.9 Å². The Bertz CT molecular complexity index is 6760. The van der Waals surface area contributed by atoms with Gasteiger partial charge in [0.1, 0.15) is 44.5 Å². The van der Waals surface area contributed by atoms with Gasteiger partial charge in [0.05, 0.1) is 23.8 Å². The van der Waals surface area contributed by atoms with Crippen molar-refractivity contribution in [1.82, 2.24) is 19.9 Å². The van der Waals surface area contributed by atoms with E-state index in [-0.39, 0.29) is 0 Å². The summed E-state index contributed by atoms with van der Waals surface area (Å²) in [6.45, 7) is 0. The van der Waals surface area contributed by atoms with Gasteiger partial charge in [-0.15, -0.1) is 22.7 Å². The maximum atomic E-state index is 6.35. The van der Waals surface area contributed by atoms with Crippen LogP contribution in [0.15, 0.2) is 309 Å². The first-order valence-corrected chi connectivity index (χ1v) is 33.5. The number of hydrogen-bond acceptors (Lipinski definition) is 10. The SMILES string of the molecule is c1cc(-c2ccc3oc4nc(-c5cccc(-c6cccc7c6oc6ccccc67)c5)cnc4c3c2)cc(-c2cccc3c2oc2ccccc23)c1.c1cc(-c2cnc3c(n2)oc2ccc(-c4cccc5c4sc4ccccc45)cc23)cc(-c2cccc3c2sc2ccccc23)c1. The number of furan rings is 4. The molecule has 0 saturated heterocycles. The topological polar surface area (TPSA) is 104 Å². The first-order chi connectivity index (χ1) is 47.5. The molecule has 448 valence electrons. The standard InChI is InChI=1S/C46H26N2O3.C40H22N2OS2/c1-3-19-40-34(13-1)36-17-7-15-32(44(36)49-40)29-10-5-9-27(23-29)28-21-22-42-38(25-28)43-46(51-42)48-39(26-47-43)31-12-6-11-30(24-31)33-16-8-18-37-35-14-2-4-20-41(35)50-45(33)37;1-3-16-35-28(10-1)30-14-6-12-26(38(30)44-35)23-8-5-9-25(20-23)33-22-41-37-32-21-24(18-19-34(32)43-40(37)42-33)27-13-7-15-31-29-11-2-4-17-36(29)45-39(27)31/h1-26H;1-22H. The smallest absolute Gasteiger partial charge is 0.246 e. The van der Waals surface area contributed by atoms with E-state index in [0.717, 1.165) is 144 Å². The van der Waals surface area contributed by atoms with Crippen LogP contribution in [0.25, 0.3) is 207 Å². The molecule has 0 radical (unpaired) electrons. The van der Waals surface area contributed by atoms with Crippen LogP contribution in [0, 0.1) is 0 Å². The van der Waals surface area contributed by atoms with E-state index in [1.165, 1.54) is 51.5 Å². The highest BCUT2D eigenvalue weighted by Gasteiger charge is 2.20. The third-order valence-corrected chi connectivity index (χ3v) is 21.2. The molecule has 21 aromatic rings. The normalized spacial score (nSPS) is 12.0. The van der Waals surface area contributed by atoms with E-state index >= 15 is 0 Å². The number of nitrogens with zero attached hydrogens (tertiary/aromatic N) is 4. The molecule has 0 aliphatic carbocycles. The van der Waals surface area contributed by atoms with Crippen molar-refractivity contribution in [3.05, 3.63) is 291 Å². The molecule has 0 N–H and O–H groups in total. The summed E-state index contributed by atoms with van der Waals surface area (Å²) in [5.41, 5.74) is 22.4. The molecule has 0 atom stereocenters. The quantitative estimate of drug-likeness (QED) is 0.155. The van der Waals surface area contributed by atoms with Crippen molar-refractivity contribution in [3.8, 4) is 78.1 Å². The Hall–Kier alpha value is -12.3. The Kier molecular flexibility index (Phi) is 12.2. The summed E-state index contributed by atoms with van der Waals surface area (Å²) in [5, 5.41) is 11.6. The minimum absolute atomic E-state index is 0.509. The fourth-order valence-corrected chi connectivity index (χ4v) is 16.6. The summed E-state index contributed by atoms with van der Waals surface area (Å²) < 4.78 is 30.4. The molecular weight excluding hydrogens is 1220 g/mol. The van der Waals surface area contributed by atoms with Crippen molar-refractivity contribution < 1.29 is 17.7 Å². The van der Waals surface area contributed by atoms with Gasteiger partial charge in [0.15, 0.2) is 0 Å². The molecule has 8 nitrogen and oxygen atoms in total. The predicted molar refractivity (Wildman–Crippen MR) is 397 cm³/mol. The molecule has 96 heavy (non-hydrogen) atoms. The van der Waals surface area contributed by atoms with Crippen LogP contribution >= 0.6 is 22.7 Å². The largest absolute Gasteiger partial charge is 0.455 e. The van der Waals surface area contributed by atoms with E-state index in [4.69, 9.17) is 37.6 Å². The van der Waals surface area contributed by atoms with Crippen molar-refractivity contribution in [1.29, 1.82) is 0 Å². The lowest BCUT2D eigenvalue weighted by atomic mass is 9.97. The Morgan fingerprint density at radius 1 is 0.240 bits per heavy atom. The van der Waals surface area contributed by atoms with E-state index in [9.17, 15) is 0 Å². The van der Waals surface area contributed by atoms with Crippen LogP contribution in [0.3, 0.4) is 0 Å². The third-order valence-electron chi connectivity index (χ3n) is 18.7. The van der Waals surface area contributed by atoms with E-state index < -0.39 is 0 Å². The predicted octanol–water partition coefficient (Wildman–Crippen LogP) is 25.0. The van der Waals surface area contributed by atoms with E-state index in [1.807, 2.05) is 83.6 Å². The van der Waals surface area contributed by atoms with Gasteiger partial charge < -0.3 is 17.7 Å². The zero-order valence-electron chi connectivity index (χ0n) is 51.0.